The molecule has 0 bridgehead atoms. The summed E-state index contributed by atoms with van der Waals surface area (Å²) in [6, 6.07) is 0. The smallest absolute Gasteiger partial charge is 0.240 e. The van der Waals surface area contributed by atoms with Crippen LogP contribution in [0.15, 0.2) is 0 Å². The summed E-state index contributed by atoms with van der Waals surface area (Å²) in [4.78, 5) is 26.0. The van der Waals surface area contributed by atoms with Crippen LogP contribution >= 0.6 is 12.4 Å². The first-order valence-corrected chi connectivity index (χ1v) is 8.47. The van der Waals surface area contributed by atoms with E-state index in [1.807, 2.05) is 4.90 Å². The summed E-state index contributed by atoms with van der Waals surface area (Å²) in [5, 5.41) is 2.96. The van der Waals surface area contributed by atoms with Crippen molar-refractivity contribution >= 4 is 24.2 Å². The van der Waals surface area contributed by atoms with Gasteiger partial charge in [0.15, 0.2) is 0 Å². The van der Waals surface area contributed by atoms with Gasteiger partial charge in [-0.25, -0.2) is 0 Å². The van der Waals surface area contributed by atoms with E-state index in [0.717, 1.165) is 64.5 Å². The van der Waals surface area contributed by atoms with E-state index in [-0.39, 0.29) is 24.2 Å². The summed E-state index contributed by atoms with van der Waals surface area (Å²) < 4.78 is 0. The Bertz CT molecular complexity index is 370. The van der Waals surface area contributed by atoms with Crippen molar-refractivity contribution in [3.63, 3.8) is 0 Å². The molecular formula is C16H30ClN3O2. The van der Waals surface area contributed by atoms with Crippen LogP contribution in [0.4, 0.5) is 0 Å². The predicted molar refractivity (Wildman–Crippen MR) is 89.9 cm³/mol. The Balaban J connectivity index is 0.00000242. The Labute approximate surface area is 139 Å². The first-order chi connectivity index (χ1) is 10.1. The molecule has 0 aromatic carbocycles. The average Bonchev–Trinajstić information content (AvgIpc) is 2.69. The van der Waals surface area contributed by atoms with Gasteiger partial charge in [0.1, 0.15) is 0 Å². The second kappa shape index (κ2) is 9.36. The van der Waals surface area contributed by atoms with Crippen LogP contribution in [0.25, 0.3) is 0 Å². The largest absolute Gasteiger partial charge is 0.354 e. The molecule has 2 amide bonds. The van der Waals surface area contributed by atoms with Gasteiger partial charge in [-0.05, 0) is 32.1 Å². The predicted octanol–water partition coefficient (Wildman–Crippen LogP) is 1.98. The first-order valence-electron chi connectivity index (χ1n) is 8.47. The Morgan fingerprint density at radius 3 is 2.55 bits per heavy atom. The quantitative estimate of drug-likeness (QED) is 0.756. The van der Waals surface area contributed by atoms with Gasteiger partial charge < -0.3 is 16.0 Å². The molecule has 1 saturated heterocycles. The Morgan fingerprint density at radius 1 is 1.14 bits per heavy atom. The molecule has 2 rings (SSSR count). The van der Waals surface area contributed by atoms with E-state index < -0.39 is 5.54 Å². The van der Waals surface area contributed by atoms with E-state index in [1.165, 1.54) is 6.42 Å². The second-order valence-electron chi connectivity index (χ2n) is 6.52. The van der Waals surface area contributed by atoms with Gasteiger partial charge >= 0.3 is 0 Å². The lowest BCUT2D eigenvalue weighted by atomic mass is 9.82. The van der Waals surface area contributed by atoms with Gasteiger partial charge in [0, 0.05) is 26.1 Å². The highest BCUT2D eigenvalue weighted by Crippen LogP contribution is 2.25. The van der Waals surface area contributed by atoms with Crippen molar-refractivity contribution in [3.8, 4) is 0 Å². The van der Waals surface area contributed by atoms with Crippen molar-refractivity contribution in [2.45, 2.75) is 69.7 Å². The Morgan fingerprint density at radius 2 is 1.82 bits per heavy atom. The van der Waals surface area contributed by atoms with E-state index in [1.54, 1.807) is 0 Å². The highest BCUT2D eigenvalue weighted by Gasteiger charge is 2.34. The van der Waals surface area contributed by atoms with Crippen molar-refractivity contribution in [1.82, 2.24) is 10.2 Å². The zero-order valence-electron chi connectivity index (χ0n) is 13.4. The SMILES string of the molecule is Cl.NC1(C(=O)NCCCN2CCCCCC2=O)CCCCC1. The van der Waals surface area contributed by atoms with E-state index >= 15 is 0 Å². The molecule has 2 fully saturated rings. The number of likely N-dealkylation sites (tertiary alicyclic amines) is 1. The molecular weight excluding hydrogens is 302 g/mol. The van der Waals surface area contributed by atoms with Crippen molar-refractivity contribution in [2.75, 3.05) is 19.6 Å². The second-order valence-corrected chi connectivity index (χ2v) is 6.52. The van der Waals surface area contributed by atoms with Crippen molar-refractivity contribution in [1.29, 1.82) is 0 Å². The molecule has 0 spiro atoms. The molecule has 22 heavy (non-hydrogen) atoms. The van der Waals surface area contributed by atoms with Gasteiger partial charge in [0.25, 0.3) is 0 Å². The van der Waals surface area contributed by atoms with Crippen LogP contribution in [0.2, 0.25) is 0 Å². The highest BCUT2D eigenvalue weighted by atomic mass is 35.5. The number of amides is 2. The molecule has 1 saturated carbocycles. The summed E-state index contributed by atoms with van der Waals surface area (Å²) in [6.07, 6.45) is 9.63. The number of nitrogens with zero attached hydrogens (tertiary/aromatic N) is 1. The van der Waals surface area contributed by atoms with Gasteiger partial charge in [0.2, 0.25) is 11.8 Å². The lowest BCUT2D eigenvalue weighted by Gasteiger charge is -2.32. The molecule has 0 aromatic rings. The first kappa shape index (κ1) is 19.2. The van der Waals surface area contributed by atoms with Crippen LogP contribution in [0, 0.1) is 0 Å². The van der Waals surface area contributed by atoms with Gasteiger partial charge in [-0.2, -0.15) is 0 Å². The summed E-state index contributed by atoms with van der Waals surface area (Å²) in [5.41, 5.74) is 5.54. The summed E-state index contributed by atoms with van der Waals surface area (Å²) in [6.45, 7) is 2.23. The number of hydrogen-bond donors (Lipinski definition) is 2. The molecule has 2 aliphatic rings. The Kier molecular flexibility index (Phi) is 8.18. The van der Waals surface area contributed by atoms with E-state index in [2.05, 4.69) is 5.32 Å². The minimum absolute atomic E-state index is 0. The summed E-state index contributed by atoms with van der Waals surface area (Å²) in [7, 11) is 0. The van der Waals surface area contributed by atoms with Crippen LogP contribution in [0.3, 0.4) is 0 Å². The molecule has 1 aliphatic carbocycles. The molecule has 6 heteroatoms. The van der Waals surface area contributed by atoms with Crippen LogP contribution in [0.5, 0.6) is 0 Å². The van der Waals surface area contributed by atoms with Crippen LogP contribution in [0.1, 0.15) is 64.2 Å². The number of nitrogens with one attached hydrogen (secondary N) is 1. The number of nitrogens with two attached hydrogens (primary N) is 1. The molecule has 0 unspecified atom stereocenters. The van der Waals surface area contributed by atoms with Crippen LogP contribution < -0.4 is 11.1 Å². The maximum absolute atomic E-state index is 12.2. The fourth-order valence-electron chi connectivity index (χ4n) is 3.33. The number of rotatable bonds is 5. The van der Waals surface area contributed by atoms with Crippen molar-refractivity contribution < 1.29 is 9.59 Å². The third-order valence-electron chi connectivity index (χ3n) is 4.76. The van der Waals surface area contributed by atoms with E-state index in [0.29, 0.717) is 13.0 Å². The molecule has 1 heterocycles. The standard InChI is InChI=1S/C16H29N3O2.ClH/c17-16(9-4-2-5-10-16)15(21)18-11-7-13-19-12-6-1-3-8-14(19)20;/h1-13,17H2,(H,18,21);1H. The molecule has 0 radical (unpaired) electrons. The molecule has 128 valence electrons. The molecule has 0 aromatic heterocycles. The molecule has 0 atom stereocenters. The zero-order valence-corrected chi connectivity index (χ0v) is 14.3. The lowest BCUT2D eigenvalue weighted by molar-refractivity contribution is -0.130. The lowest BCUT2D eigenvalue weighted by Crippen LogP contribution is -2.55. The van der Waals surface area contributed by atoms with Crippen molar-refractivity contribution in [3.05, 3.63) is 0 Å². The Hall–Kier alpha value is -0.810. The van der Waals surface area contributed by atoms with E-state index in [9.17, 15) is 9.59 Å². The number of carbonyl (C=O) groups excluding carboxylic acids is 2. The number of hydrogen-bond acceptors (Lipinski definition) is 3. The average molecular weight is 332 g/mol. The topological polar surface area (TPSA) is 75.4 Å². The summed E-state index contributed by atoms with van der Waals surface area (Å²) >= 11 is 0. The van der Waals surface area contributed by atoms with Gasteiger partial charge in [-0.1, -0.05) is 25.7 Å². The van der Waals surface area contributed by atoms with Crippen LogP contribution in [-0.2, 0) is 9.59 Å². The fraction of sp³-hybridized carbons (Fsp3) is 0.875. The molecule has 1 aliphatic heterocycles. The third kappa shape index (κ3) is 5.43. The monoisotopic (exact) mass is 331 g/mol. The van der Waals surface area contributed by atoms with E-state index in [4.69, 9.17) is 5.73 Å². The fourth-order valence-corrected chi connectivity index (χ4v) is 3.33. The van der Waals surface area contributed by atoms with Gasteiger partial charge in [-0.3, -0.25) is 9.59 Å². The molecule has 3 N–H and O–H groups in total. The van der Waals surface area contributed by atoms with Gasteiger partial charge in [0.05, 0.1) is 5.54 Å². The third-order valence-corrected chi connectivity index (χ3v) is 4.76. The molecule has 5 nitrogen and oxygen atoms in total. The zero-order chi connectivity index (χ0) is 15.1. The number of halogens is 1. The highest BCUT2D eigenvalue weighted by molar-refractivity contribution is 5.86. The maximum Gasteiger partial charge on any atom is 0.240 e. The number of carbonyl (C=O) groups is 2. The van der Waals surface area contributed by atoms with Gasteiger partial charge in [-0.15, -0.1) is 12.4 Å². The maximum atomic E-state index is 12.2. The summed E-state index contributed by atoms with van der Waals surface area (Å²) in [5.74, 6) is 0.255. The minimum Gasteiger partial charge on any atom is -0.354 e. The normalized spacial score (nSPS) is 21.7. The van der Waals surface area contributed by atoms with Crippen LogP contribution in [-0.4, -0.2) is 41.9 Å². The minimum atomic E-state index is -0.656. The van der Waals surface area contributed by atoms with Crippen molar-refractivity contribution in [2.24, 2.45) is 5.73 Å².